The van der Waals surface area contributed by atoms with Crippen molar-refractivity contribution >= 4 is 39.3 Å². The van der Waals surface area contributed by atoms with Crippen molar-refractivity contribution in [3.8, 4) is 0 Å². The van der Waals surface area contributed by atoms with E-state index in [0.29, 0.717) is 11.8 Å². The Bertz CT molecular complexity index is 596. The molecule has 110 valence electrons. The Balaban J connectivity index is 1.67. The van der Waals surface area contributed by atoms with Gasteiger partial charge in [-0.05, 0) is 54.0 Å². The molecule has 0 saturated carbocycles. The molecule has 0 nitrogen and oxygen atoms in total. The van der Waals surface area contributed by atoms with Crippen LogP contribution in [-0.4, -0.2) is 11.6 Å². The summed E-state index contributed by atoms with van der Waals surface area (Å²) in [5, 5.41) is 0. The largest absolute Gasteiger partial charge is 0.126 e. The van der Waals surface area contributed by atoms with Gasteiger partial charge in [0.05, 0.1) is 0 Å². The summed E-state index contributed by atoms with van der Waals surface area (Å²) in [5.41, 5.74) is 2.90. The third kappa shape index (κ3) is 3.85. The molecule has 2 aromatic carbocycles. The topological polar surface area (TPSA) is 0 Å². The highest BCUT2D eigenvalue weighted by Crippen LogP contribution is 2.42. The van der Waals surface area contributed by atoms with Crippen molar-refractivity contribution in [1.82, 2.24) is 0 Å². The van der Waals surface area contributed by atoms with E-state index in [0.717, 1.165) is 16.8 Å². The second kappa shape index (κ2) is 7.21. The van der Waals surface area contributed by atoms with Crippen molar-refractivity contribution in [2.24, 2.45) is 5.92 Å². The molecule has 2 unspecified atom stereocenters. The van der Waals surface area contributed by atoms with Crippen LogP contribution in [0.1, 0.15) is 23.5 Å². The molecule has 0 N–H and O–H groups in total. The Labute approximate surface area is 144 Å². The second-order valence-electron chi connectivity index (χ2n) is 5.63. The summed E-state index contributed by atoms with van der Waals surface area (Å²) in [4.78, 5) is 1.46. The number of halogens is 2. The maximum atomic E-state index is 6.24. The predicted molar refractivity (Wildman–Crippen MR) is 96.6 cm³/mol. The highest BCUT2D eigenvalue weighted by molar-refractivity contribution is 9.10. The SMILES string of the molecule is ClCC(Cc1ccc(Br)cc1)CC1CSc2ccccc21. The minimum atomic E-state index is 0.546. The van der Waals surface area contributed by atoms with Crippen molar-refractivity contribution in [1.29, 1.82) is 0 Å². The van der Waals surface area contributed by atoms with Crippen LogP contribution in [0.2, 0.25) is 0 Å². The lowest BCUT2D eigenvalue weighted by Gasteiger charge is -2.19. The van der Waals surface area contributed by atoms with Crippen LogP contribution >= 0.6 is 39.3 Å². The lowest BCUT2D eigenvalue weighted by Crippen LogP contribution is -2.12. The Kier molecular flexibility index (Phi) is 5.31. The quantitative estimate of drug-likeness (QED) is 0.562. The van der Waals surface area contributed by atoms with Gasteiger partial charge in [-0.3, -0.25) is 0 Å². The van der Waals surface area contributed by atoms with Gasteiger partial charge >= 0.3 is 0 Å². The molecule has 0 fully saturated rings. The molecule has 2 aromatic rings. The number of thioether (sulfide) groups is 1. The fourth-order valence-corrected chi connectivity index (χ4v) is 4.75. The fourth-order valence-electron chi connectivity index (χ4n) is 2.98. The van der Waals surface area contributed by atoms with Gasteiger partial charge < -0.3 is 0 Å². The molecule has 1 heterocycles. The van der Waals surface area contributed by atoms with Crippen LogP contribution in [0.3, 0.4) is 0 Å². The van der Waals surface area contributed by atoms with E-state index < -0.39 is 0 Å². The summed E-state index contributed by atoms with van der Waals surface area (Å²) in [5.74, 6) is 3.14. The van der Waals surface area contributed by atoms with Gasteiger partial charge in [-0.1, -0.05) is 46.3 Å². The Morgan fingerprint density at radius 3 is 2.67 bits per heavy atom. The Morgan fingerprint density at radius 2 is 1.90 bits per heavy atom. The van der Waals surface area contributed by atoms with Gasteiger partial charge in [0.15, 0.2) is 0 Å². The number of benzene rings is 2. The molecular weight excluding hydrogens is 364 g/mol. The molecular formula is C18H18BrClS. The zero-order valence-corrected chi connectivity index (χ0v) is 14.9. The summed E-state index contributed by atoms with van der Waals surface area (Å²) in [7, 11) is 0. The van der Waals surface area contributed by atoms with E-state index in [9.17, 15) is 0 Å². The maximum absolute atomic E-state index is 6.24. The van der Waals surface area contributed by atoms with Gasteiger partial charge in [0.25, 0.3) is 0 Å². The van der Waals surface area contributed by atoms with Gasteiger partial charge in [0.1, 0.15) is 0 Å². The molecule has 0 spiro atoms. The van der Waals surface area contributed by atoms with E-state index >= 15 is 0 Å². The first kappa shape index (κ1) is 15.5. The number of fused-ring (bicyclic) bond motifs is 1. The van der Waals surface area contributed by atoms with Gasteiger partial charge in [-0.25, -0.2) is 0 Å². The zero-order chi connectivity index (χ0) is 14.7. The van der Waals surface area contributed by atoms with Crippen LogP contribution in [0.4, 0.5) is 0 Å². The van der Waals surface area contributed by atoms with Crippen LogP contribution in [0, 0.1) is 5.92 Å². The Hall–Kier alpha value is -0.440. The molecule has 0 aromatic heterocycles. The monoisotopic (exact) mass is 380 g/mol. The van der Waals surface area contributed by atoms with Gasteiger partial charge in [0.2, 0.25) is 0 Å². The maximum Gasteiger partial charge on any atom is 0.0255 e. The minimum absolute atomic E-state index is 0.546. The minimum Gasteiger partial charge on any atom is -0.126 e. The van der Waals surface area contributed by atoms with Crippen LogP contribution < -0.4 is 0 Å². The predicted octanol–water partition coefficient (Wildman–Crippen LogP) is 6.13. The smallest absolute Gasteiger partial charge is 0.0255 e. The Morgan fingerprint density at radius 1 is 1.14 bits per heavy atom. The molecule has 0 radical (unpaired) electrons. The van der Waals surface area contributed by atoms with Gasteiger partial charge in [0, 0.05) is 21.0 Å². The van der Waals surface area contributed by atoms with Gasteiger partial charge in [-0.15, -0.1) is 23.4 Å². The van der Waals surface area contributed by atoms with E-state index in [1.165, 1.54) is 28.2 Å². The van der Waals surface area contributed by atoms with E-state index in [1.54, 1.807) is 0 Å². The molecule has 21 heavy (non-hydrogen) atoms. The third-order valence-electron chi connectivity index (χ3n) is 4.07. The summed E-state index contributed by atoms with van der Waals surface area (Å²) >= 11 is 11.7. The fraction of sp³-hybridized carbons (Fsp3) is 0.333. The first-order chi connectivity index (χ1) is 10.3. The average Bonchev–Trinajstić information content (AvgIpc) is 2.92. The molecule has 1 aliphatic rings. The second-order valence-corrected chi connectivity index (χ2v) is 7.92. The lowest BCUT2D eigenvalue weighted by molar-refractivity contribution is 0.491. The number of hydrogen-bond acceptors (Lipinski definition) is 1. The van der Waals surface area contributed by atoms with Crippen LogP contribution in [0.5, 0.6) is 0 Å². The molecule has 0 aliphatic carbocycles. The molecule has 0 bridgehead atoms. The van der Waals surface area contributed by atoms with E-state index in [1.807, 2.05) is 11.8 Å². The molecule has 3 heteroatoms. The summed E-state index contributed by atoms with van der Waals surface area (Å²) in [6.45, 7) is 0. The molecule has 3 rings (SSSR count). The van der Waals surface area contributed by atoms with Crippen molar-refractivity contribution in [3.05, 3.63) is 64.1 Å². The lowest BCUT2D eigenvalue weighted by atomic mass is 9.88. The number of alkyl halides is 1. The molecule has 0 amide bonds. The van der Waals surface area contributed by atoms with Crippen molar-refractivity contribution in [2.75, 3.05) is 11.6 Å². The first-order valence-electron chi connectivity index (χ1n) is 7.28. The van der Waals surface area contributed by atoms with Crippen LogP contribution in [0.15, 0.2) is 57.9 Å². The molecule has 2 atom stereocenters. The van der Waals surface area contributed by atoms with Crippen molar-refractivity contribution in [2.45, 2.75) is 23.7 Å². The summed E-state index contributed by atoms with van der Waals surface area (Å²) in [6, 6.07) is 17.4. The van der Waals surface area contributed by atoms with Crippen LogP contribution in [-0.2, 0) is 6.42 Å². The number of rotatable bonds is 5. The summed E-state index contributed by atoms with van der Waals surface area (Å²) < 4.78 is 1.13. The highest BCUT2D eigenvalue weighted by Gasteiger charge is 2.25. The standard InChI is InChI=1S/C18H18BrClS/c19-16-7-5-13(6-8-16)9-14(11-20)10-15-12-21-18-4-2-1-3-17(15)18/h1-8,14-15H,9-12H2. The summed E-state index contributed by atoms with van der Waals surface area (Å²) in [6.07, 6.45) is 2.25. The highest BCUT2D eigenvalue weighted by atomic mass is 79.9. The van der Waals surface area contributed by atoms with E-state index in [2.05, 4.69) is 64.5 Å². The first-order valence-corrected chi connectivity index (χ1v) is 9.59. The average molecular weight is 382 g/mol. The van der Waals surface area contributed by atoms with Crippen LogP contribution in [0.25, 0.3) is 0 Å². The van der Waals surface area contributed by atoms with Gasteiger partial charge in [-0.2, -0.15) is 0 Å². The van der Waals surface area contributed by atoms with Crippen molar-refractivity contribution < 1.29 is 0 Å². The van der Waals surface area contributed by atoms with E-state index in [4.69, 9.17) is 11.6 Å². The van der Waals surface area contributed by atoms with E-state index in [-0.39, 0.29) is 0 Å². The zero-order valence-electron chi connectivity index (χ0n) is 11.8. The molecule has 1 aliphatic heterocycles. The number of hydrogen-bond donors (Lipinski definition) is 0. The normalized spacial score (nSPS) is 18.5. The molecule has 0 saturated heterocycles. The third-order valence-corrected chi connectivity index (χ3v) is 6.29. The van der Waals surface area contributed by atoms with Crippen molar-refractivity contribution in [3.63, 3.8) is 0 Å².